The minimum Gasteiger partial charge on any atom is -0.441 e. The fraction of sp³-hybridized carbons (Fsp3) is 0.550. The van der Waals surface area contributed by atoms with Crippen molar-refractivity contribution in [1.82, 2.24) is 14.8 Å². The lowest BCUT2D eigenvalue weighted by molar-refractivity contribution is -0.147. The number of piperidine rings is 1. The number of benzene rings is 1. The number of nitrogens with zero attached hydrogens (tertiary/aromatic N) is 3. The third-order valence-electron chi connectivity index (χ3n) is 5.78. The van der Waals surface area contributed by atoms with Crippen molar-refractivity contribution < 1.29 is 14.0 Å². The van der Waals surface area contributed by atoms with Gasteiger partial charge in [0.1, 0.15) is 5.52 Å². The molecule has 0 aliphatic carbocycles. The van der Waals surface area contributed by atoms with E-state index in [0.29, 0.717) is 30.1 Å². The van der Waals surface area contributed by atoms with E-state index in [-0.39, 0.29) is 17.9 Å². The molecule has 0 bridgehead atoms. The molecule has 3 heterocycles. The molecule has 2 amide bonds. The highest BCUT2D eigenvalue weighted by Gasteiger charge is 2.49. The van der Waals surface area contributed by atoms with Gasteiger partial charge in [-0.3, -0.25) is 9.59 Å². The second-order valence-corrected chi connectivity index (χ2v) is 7.87. The van der Waals surface area contributed by atoms with Gasteiger partial charge in [-0.05, 0) is 51.3 Å². The fourth-order valence-electron chi connectivity index (χ4n) is 4.37. The summed E-state index contributed by atoms with van der Waals surface area (Å²) in [6.45, 7) is 7.88. The number of aromatic nitrogens is 1. The first-order chi connectivity index (χ1) is 12.4. The highest BCUT2D eigenvalue weighted by molar-refractivity contribution is 5.98. The van der Waals surface area contributed by atoms with Gasteiger partial charge in [-0.1, -0.05) is 0 Å². The van der Waals surface area contributed by atoms with Crippen LogP contribution in [-0.4, -0.2) is 52.3 Å². The fourth-order valence-corrected chi connectivity index (χ4v) is 4.37. The molecule has 6 heteroatoms. The number of amides is 2. The summed E-state index contributed by atoms with van der Waals surface area (Å²) in [5.74, 6) is 0.772. The molecule has 1 atom stereocenters. The van der Waals surface area contributed by atoms with Crippen molar-refractivity contribution in [3.63, 3.8) is 0 Å². The molecule has 1 unspecified atom stereocenters. The Labute approximate surface area is 153 Å². The number of carbonyl (C=O) groups excluding carboxylic acids is 2. The summed E-state index contributed by atoms with van der Waals surface area (Å²) in [5.41, 5.74) is 1.58. The Balaban J connectivity index is 1.55. The molecule has 2 aliphatic heterocycles. The van der Waals surface area contributed by atoms with E-state index in [1.807, 2.05) is 15.9 Å². The second kappa shape index (κ2) is 6.11. The monoisotopic (exact) mass is 355 g/mol. The molecule has 0 saturated carbocycles. The van der Waals surface area contributed by atoms with Crippen LogP contribution in [-0.2, 0) is 4.79 Å². The molecule has 2 aromatic rings. The minimum absolute atomic E-state index is 0.0349. The van der Waals surface area contributed by atoms with Crippen LogP contribution in [0, 0.1) is 12.3 Å². The Kier molecular flexibility index (Phi) is 4.01. The molecule has 1 aromatic heterocycles. The topological polar surface area (TPSA) is 66.7 Å². The van der Waals surface area contributed by atoms with Gasteiger partial charge in [0.2, 0.25) is 5.91 Å². The maximum atomic E-state index is 13.0. The first kappa shape index (κ1) is 17.1. The molecule has 0 N–H and O–H groups in total. The summed E-state index contributed by atoms with van der Waals surface area (Å²) >= 11 is 0. The number of rotatable bonds is 2. The lowest BCUT2D eigenvalue weighted by Gasteiger charge is -2.41. The highest BCUT2D eigenvalue weighted by atomic mass is 16.3. The zero-order valence-corrected chi connectivity index (χ0v) is 15.6. The quantitative estimate of drug-likeness (QED) is 0.831. The van der Waals surface area contributed by atoms with Crippen molar-refractivity contribution in [2.45, 2.75) is 46.1 Å². The van der Waals surface area contributed by atoms with Crippen molar-refractivity contribution in [2.75, 3.05) is 19.6 Å². The van der Waals surface area contributed by atoms with Crippen molar-refractivity contribution in [2.24, 2.45) is 5.41 Å². The van der Waals surface area contributed by atoms with E-state index in [0.717, 1.165) is 31.3 Å². The van der Waals surface area contributed by atoms with Gasteiger partial charge in [0.05, 0.1) is 5.41 Å². The lowest BCUT2D eigenvalue weighted by atomic mass is 9.78. The Morgan fingerprint density at radius 2 is 2.08 bits per heavy atom. The molecular formula is C20H25N3O3. The van der Waals surface area contributed by atoms with Crippen LogP contribution < -0.4 is 0 Å². The minimum atomic E-state index is -0.398. The van der Waals surface area contributed by atoms with Crippen LogP contribution in [0.5, 0.6) is 0 Å². The molecule has 6 nitrogen and oxygen atoms in total. The summed E-state index contributed by atoms with van der Waals surface area (Å²) in [5, 5.41) is 0. The number of hydrogen-bond acceptors (Lipinski definition) is 4. The van der Waals surface area contributed by atoms with E-state index in [1.54, 1.807) is 19.1 Å². The number of oxazole rings is 1. The summed E-state index contributed by atoms with van der Waals surface area (Å²) < 4.78 is 5.55. The molecule has 138 valence electrons. The Bertz CT molecular complexity index is 872. The standard InChI is InChI=1S/C20H25N3O3/c1-13(2)23-9-4-7-20(19(23)25)8-10-22(12-20)18(24)15-5-6-16-17(11-15)26-14(3)21-16/h5-6,11,13H,4,7-10,12H2,1-3H3. The average Bonchev–Trinajstić information content (AvgIpc) is 3.19. The van der Waals surface area contributed by atoms with Crippen LogP contribution in [0.4, 0.5) is 0 Å². The molecule has 2 saturated heterocycles. The predicted octanol–water partition coefficient (Wildman–Crippen LogP) is 3.00. The average molecular weight is 355 g/mol. The lowest BCUT2D eigenvalue weighted by Crippen LogP contribution is -2.52. The maximum absolute atomic E-state index is 13.0. The zero-order valence-electron chi connectivity index (χ0n) is 15.6. The van der Waals surface area contributed by atoms with Crippen LogP contribution in [0.1, 0.15) is 49.4 Å². The molecule has 1 spiro atoms. The van der Waals surface area contributed by atoms with Gasteiger partial charge in [0, 0.05) is 38.2 Å². The molecule has 4 rings (SSSR count). The van der Waals surface area contributed by atoms with Gasteiger partial charge in [0.25, 0.3) is 5.91 Å². The van der Waals surface area contributed by atoms with Crippen molar-refractivity contribution in [3.8, 4) is 0 Å². The van der Waals surface area contributed by atoms with Gasteiger partial charge < -0.3 is 14.2 Å². The maximum Gasteiger partial charge on any atom is 0.254 e. The van der Waals surface area contributed by atoms with Crippen molar-refractivity contribution >= 4 is 22.9 Å². The van der Waals surface area contributed by atoms with E-state index in [4.69, 9.17) is 4.42 Å². The molecule has 26 heavy (non-hydrogen) atoms. The molecule has 2 aliphatic rings. The Morgan fingerprint density at radius 1 is 1.27 bits per heavy atom. The Morgan fingerprint density at radius 3 is 2.85 bits per heavy atom. The largest absolute Gasteiger partial charge is 0.441 e. The number of fused-ring (bicyclic) bond motifs is 1. The Hall–Kier alpha value is -2.37. The van der Waals surface area contributed by atoms with Crippen LogP contribution >= 0.6 is 0 Å². The van der Waals surface area contributed by atoms with Gasteiger partial charge >= 0.3 is 0 Å². The van der Waals surface area contributed by atoms with Crippen molar-refractivity contribution in [3.05, 3.63) is 29.7 Å². The van der Waals surface area contributed by atoms with Gasteiger partial charge in [-0.2, -0.15) is 0 Å². The SMILES string of the molecule is Cc1nc2ccc(C(=O)N3CCC4(CCCN(C(C)C)C4=O)C3)cc2o1. The van der Waals surface area contributed by atoms with Crippen molar-refractivity contribution in [1.29, 1.82) is 0 Å². The van der Waals surface area contributed by atoms with Gasteiger partial charge in [0.15, 0.2) is 11.5 Å². The van der Waals surface area contributed by atoms with E-state index in [2.05, 4.69) is 18.8 Å². The molecule has 2 fully saturated rings. The predicted molar refractivity (Wildman–Crippen MR) is 97.8 cm³/mol. The second-order valence-electron chi connectivity index (χ2n) is 7.87. The van der Waals surface area contributed by atoms with E-state index in [1.165, 1.54) is 0 Å². The first-order valence-electron chi connectivity index (χ1n) is 9.37. The van der Waals surface area contributed by atoms with E-state index >= 15 is 0 Å². The van der Waals surface area contributed by atoms with Crippen LogP contribution in [0.15, 0.2) is 22.6 Å². The third-order valence-corrected chi connectivity index (χ3v) is 5.78. The summed E-state index contributed by atoms with van der Waals surface area (Å²) in [7, 11) is 0. The molecule has 1 aromatic carbocycles. The van der Waals surface area contributed by atoms with E-state index < -0.39 is 5.41 Å². The number of likely N-dealkylation sites (tertiary alicyclic amines) is 2. The highest BCUT2D eigenvalue weighted by Crippen LogP contribution is 2.41. The zero-order chi connectivity index (χ0) is 18.5. The third kappa shape index (κ3) is 2.68. The summed E-state index contributed by atoms with van der Waals surface area (Å²) in [6.07, 6.45) is 2.64. The first-order valence-corrected chi connectivity index (χ1v) is 9.37. The normalized spacial score (nSPS) is 23.6. The number of hydrogen-bond donors (Lipinski definition) is 0. The molecule has 0 radical (unpaired) electrons. The van der Waals surface area contributed by atoms with E-state index in [9.17, 15) is 9.59 Å². The van der Waals surface area contributed by atoms with Crippen LogP contribution in [0.2, 0.25) is 0 Å². The van der Waals surface area contributed by atoms with Crippen LogP contribution in [0.25, 0.3) is 11.1 Å². The molecular weight excluding hydrogens is 330 g/mol. The number of aryl methyl sites for hydroxylation is 1. The summed E-state index contributed by atoms with van der Waals surface area (Å²) in [4.78, 5) is 34.1. The number of carbonyl (C=O) groups is 2. The summed E-state index contributed by atoms with van der Waals surface area (Å²) in [6, 6.07) is 5.57. The van der Waals surface area contributed by atoms with Gasteiger partial charge in [-0.25, -0.2) is 4.98 Å². The smallest absolute Gasteiger partial charge is 0.254 e. The van der Waals surface area contributed by atoms with Crippen LogP contribution in [0.3, 0.4) is 0 Å². The van der Waals surface area contributed by atoms with Gasteiger partial charge in [-0.15, -0.1) is 0 Å².